The average molecular weight is 387 g/mol. The van der Waals surface area contributed by atoms with E-state index in [0.717, 1.165) is 19.6 Å². The topological polar surface area (TPSA) is 88.3 Å². The molecule has 0 amide bonds. The van der Waals surface area contributed by atoms with Crippen LogP contribution >= 0.6 is 12.4 Å². The van der Waals surface area contributed by atoms with Crippen molar-refractivity contribution < 1.29 is 12.9 Å². The van der Waals surface area contributed by atoms with E-state index in [0.29, 0.717) is 22.2 Å². The molecule has 1 fully saturated rings. The fourth-order valence-electron chi connectivity index (χ4n) is 2.64. The number of rotatable bonds is 4. The van der Waals surface area contributed by atoms with E-state index in [2.05, 4.69) is 20.4 Å². The first kappa shape index (κ1) is 19.8. The van der Waals surface area contributed by atoms with E-state index >= 15 is 0 Å². The molecule has 3 rings (SSSR count). The van der Waals surface area contributed by atoms with Crippen molar-refractivity contribution in [1.29, 1.82) is 0 Å². The second kappa shape index (κ2) is 7.82. The van der Waals surface area contributed by atoms with Crippen molar-refractivity contribution in [2.24, 2.45) is 0 Å². The molecule has 0 spiro atoms. The van der Waals surface area contributed by atoms with Crippen LogP contribution in [-0.4, -0.2) is 55.4 Å². The van der Waals surface area contributed by atoms with Crippen molar-refractivity contribution >= 4 is 22.2 Å². The number of benzene rings is 1. The van der Waals surface area contributed by atoms with E-state index < -0.39 is 15.1 Å². The molecule has 2 heterocycles. The van der Waals surface area contributed by atoms with Crippen LogP contribution in [0.2, 0.25) is 0 Å². The average Bonchev–Trinajstić information content (AvgIpc) is 3.05. The van der Waals surface area contributed by atoms with Crippen molar-refractivity contribution in [3.8, 4) is 11.5 Å². The van der Waals surface area contributed by atoms with Crippen molar-refractivity contribution in [1.82, 2.24) is 20.4 Å². The Labute approximate surface area is 154 Å². The van der Waals surface area contributed by atoms with E-state index in [1.54, 1.807) is 38.1 Å². The minimum atomic E-state index is -3.28. The van der Waals surface area contributed by atoms with Crippen molar-refractivity contribution in [2.75, 3.05) is 26.7 Å². The van der Waals surface area contributed by atoms with Gasteiger partial charge in [-0.15, -0.1) is 12.4 Å². The summed E-state index contributed by atoms with van der Waals surface area (Å²) in [5.74, 6) is 1.04. The van der Waals surface area contributed by atoms with E-state index in [-0.39, 0.29) is 18.4 Å². The van der Waals surface area contributed by atoms with Crippen molar-refractivity contribution in [3.63, 3.8) is 0 Å². The number of halogens is 1. The summed E-state index contributed by atoms with van der Waals surface area (Å²) in [5, 5.41) is 6.95. The first-order valence-corrected chi connectivity index (χ1v) is 9.53. The summed E-state index contributed by atoms with van der Waals surface area (Å²) in [7, 11) is -1.24. The van der Waals surface area contributed by atoms with Gasteiger partial charge in [0.2, 0.25) is 0 Å². The molecule has 1 aliphatic rings. The van der Waals surface area contributed by atoms with Gasteiger partial charge in [0.05, 0.1) is 16.2 Å². The van der Waals surface area contributed by atoms with E-state index in [9.17, 15) is 8.42 Å². The Morgan fingerprint density at radius 2 is 1.96 bits per heavy atom. The second-order valence-electron chi connectivity index (χ2n) is 6.28. The predicted octanol–water partition coefficient (Wildman–Crippen LogP) is 1.92. The molecular weight excluding hydrogens is 364 g/mol. The molecule has 1 unspecified atom stereocenters. The minimum absolute atomic E-state index is 0. The van der Waals surface area contributed by atoms with Gasteiger partial charge in [-0.25, -0.2) is 8.42 Å². The molecule has 0 radical (unpaired) electrons. The predicted molar refractivity (Wildman–Crippen MR) is 97.5 cm³/mol. The molecule has 2 aromatic rings. The van der Waals surface area contributed by atoms with Crippen LogP contribution in [-0.2, 0) is 9.84 Å². The molecule has 7 nitrogen and oxygen atoms in total. The highest BCUT2D eigenvalue weighted by molar-refractivity contribution is 7.92. The van der Waals surface area contributed by atoms with Gasteiger partial charge in [0.15, 0.2) is 15.7 Å². The van der Waals surface area contributed by atoms with Crippen LogP contribution in [0.1, 0.15) is 25.7 Å². The number of hydrogen-bond acceptors (Lipinski definition) is 7. The standard InChI is InChI=1S/C16H22N4O3S.ClH/c1-11(2)24(21,22)13-6-4-12(5-7-13)16-18-15(19-23-16)14-10-17-8-9-20(14)3;/h4-7,11,14,17H,8-10H2,1-3H3;1H. The van der Waals surface area contributed by atoms with Crippen molar-refractivity contribution in [2.45, 2.75) is 30.0 Å². The van der Waals surface area contributed by atoms with Crippen LogP contribution < -0.4 is 5.32 Å². The summed E-state index contributed by atoms with van der Waals surface area (Å²) in [6, 6.07) is 6.66. The molecule has 25 heavy (non-hydrogen) atoms. The van der Waals surface area contributed by atoms with Gasteiger partial charge in [-0.05, 0) is 45.2 Å². The monoisotopic (exact) mass is 386 g/mol. The van der Waals surface area contributed by atoms with Crippen LogP contribution in [0.15, 0.2) is 33.7 Å². The third-order valence-corrected chi connectivity index (χ3v) is 6.47. The zero-order valence-corrected chi connectivity index (χ0v) is 16.1. The van der Waals surface area contributed by atoms with Gasteiger partial charge >= 0.3 is 0 Å². The molecular formula is C16H23ClN4O3S. The maximum Gasteiger partial charge on any atom is 0.257 e. The van der Waals surface area contributed by atoms with Gasteiger partial charge in [0.1, 0.15) is 0 Å². The van der Waals surface area contributed by atoms with Crippen LogP contribution in [0.4, 0.5) is 0 Å². The number of hydrogen-bond donors (Lipinski definition) is 1. The lowest BCUT2D eigenvalue weighted by Crippen LogP contribution is -2.44. The number of nitrogens with one attached hydrogen (secondary N) is 1. The lowest BCUT2D eigenvalue weighted by molar-refractivity contribution is 0.190. The number of likely N-dealkylation sites (N-methyl/N-ethyl adjacent to an activating group) is 1. The summed E-state index contributed by atoms with van der Waals surface area (Å²) in [4.78, 5) is 6.96. The van der Waals surface area contributed by atoms with Gasteiger partial charge < -0.3 is 9.84 Å². The molecule has 1 saturated heterocycles. The van der Waals surface area contributed by atoms with Crippen LogP contribution in [0.5, 0.6) is 0 Å². The molecule has 0 saturated carbocycles. The Morgan fingerprint density at radius 3 is 2.56 bits per heavy atom. The highest BCUT2D eigenvalue weighted by Gasteiger charge is 2.25. The van der Waals surface area contributed by atoms with Gasteiger partial charge in [0, 0.05) is 25.2 Å². The summed E-state index contributed by atoms with van der Waals surface area (Å²) in [5.41, 5.74) is 0.711. The van der Waals surface area contributed by atoms with E-state index in [1.807, 2.05) is 7.05 Å². The number of piperazine rings is 1. The maximum atomic E-state index is 12.2. The zero-order chi connectivity index (χ0) is 17.3. The molecule has 1 aliphatic heterocycles. The van der Waals surface area contributed by atoms with Gasteiger partial charge in [-0.3, -0.25) is 4.90 Å². The third kappa shape index (κ3) is 4.03. The Balaban J connectivity index is 0.00000225. The van der Waals surface area contributed by atoms with Crippen molar-refractivity contribution in [3.05, 3.63) is 30.1 Å². The summed E-state index contributed by atoms with van der Waals surface area (Å²) in [6.45, 7) is 5.99. The largest absolute Gasteiger partial charge is 0.334 e. The lowest BCUT2D eigenvalue weighted by Gasteiger charge is -2.30. The quantitative estimate of drug-likeness (QED) is 0.858. The first-order valence-electron chi connectivity index (χ1n) is 7.98. The summed E-state index contributed by atoms with van der Waals surface area (Å²) < 4.78 is 29.7. The zero-order valence-electron chi connectivity index (χ0n) is 14.5. The number of nitrogens with zero attached hydrogens (tertiary/aromatic N) is 3. The van der Waals surface area contributed by atoms with Crippen LogP contribution in [0.25, 0.3) is 11.5 Å². The Hall–Kier alpha value is -1.48. The minimum Gasteiger partial charge on any atom is -0.334 e. The molecule has 1 aromatic carbocycles. The molecule has 1 aromatic heterocycles. The number of sulfone groups is 1. The molecule has 9 heteroatoms. The molecule has 0 aliphatic carbocycles. The van der Waals surface area contributed by atoms with Gasteiger partial charge in [0.25, 0.3) is 5.89 Å². The summed E-state index contributed by atoms with van der Waals surface area (Å²) >= 11 is 0. The van der Waals surface area contributed by atoms with E-state index in [4.69, 9.17) is 4.52 Å². The lowest BCUT2D eigenvalue weighted by atomic mass is 10.2. The maximum absolute atomic E-state index is 12.2. The second-order valence-corrected chi connectivity index (χ2v) is 8.78. The third-order valence-electron chi connectivity index (χ3n) is 4.30. The van der Waals surface area contributed by atoms with Gasteiger partial charge in [-0.1, -0.05) is 5.16 Å². The summed E-state index contributed by atoms with van der Waals surface area (Å²) in [6.07, 6.45) is 0. The smallest absolute Gasteiger partial charge is 0.257 e. The molecule has 138 valence electrons. The highest BCUT2D eigenvalue weighted by atomic mass is 35.5. The van der Waals surface area contributed by atoms with Crippen LogP contribution in [0, 0.1) is 0 Å². The number of aromatic nitrogens is 2. The molecule has 1 N–H and O–H groups in total. The SMILES string of the molecule is CC(C)S(=O)(=O)c1ccc(-c2nc(C3CNCCN3C)no2)cc1.Cl. The van der Waals surface area contributed by atoms with E-state index in [1.165, 1.54) is 0 Å². The molecule has 0 bridgehead atoms. The normalized spacial score (nSPS) is 19.0. The Kier molecular flexibility index (Phi) is 6.21. The molecule has 1 atom stereocenters. The van der Waals surface area contributed by atoms with Crippen LogP contribution in [0.3, 0.4) is 0 Å². The Morgan fingerprint density at radius 1 is 1.28 bits per heavy atom. The van der Waals surface area contributed by atoms with Gasteiger partial charge in [-0.2, -0.15) is 4.98 Å². The fourth-order valence-corrected chi connectivity index (χ4v) is 3.70. The first-order chi connectivity index (χ1) is 11.4. The highest BCUT2D eigenvalue weighted by Crippen LogP contribution is 2.24. The fraction of sp³-hybridized carbons (Fsp3) is 0.500. The Bertz CT molecular complexity index is 805.